The summed E-state index contributed by atoms with van der Waals surface area (Å²) in [6, 6.07) is 44.3. The second-order valence-electron chi connectivity index (χ2n) is 8.58. The highest BCUT2D eigenvalue weighted by Gasteiger charge is 2.12. The maximum absolute atomic E-state index is 2.38. The fourth-order valence-corrected chi connectivity index (χ4v) is 6.17. The van der Waals surface area contributed by atoms with Gasteiger partial charge in [-0.1, -0.05) is 97.1 Å². The molecule has 6 aromatic carbocycles. The Kier molecular flexibility index (Phi) is 4.12. The monoisotopic (exact) mass is 436 g/mol. The molecule has 0 radical (unpaired) electrons. The van der Waals surface area contributed by atoms with E-state index < -0.39 is 0 Å². The highest BCUT2D eigenvalue weighted by Crippen LogP contribution is 2.41. The molecular formula is C32H20S. The molecule has 0 nitrogen and oxygen atoms in total. The van der Waals surface area contributed by atoms with Crippen molar-refractivity contribution in [2.24, 2.45) is 0 Å². The van der Waals surface area contributed by atoms with Crippen molar-refractivity contribution in [1.29, 1.82) is 0 Å². The molecule has 0 aliphatic rings. The van der Waals surface area contributed by atoms with Gasteiger partial charge < -0.3 is 0 Å². The van der Waals surface area contributed by atoms with Gasteiger partial charge in [-0.15, -0.1) is 11.3 Å². The molecule has 154 valence electrons. The molecule has 0 saturated heterocycles. The maximum Gasteiger partial charge on any atom is 0.0361 e. The van der Waals surface area contributed by atoms with E-state index in [1.165, 1.54) is 64.0 Å². The van der Waals surface area contributed by atoms with E-state index in [9.17, 15) is 0 Å². The first kappa shape index (κ1) is 18.6. The van der Waals surface area contributed by atoms with Crippen molar-refractivity contribution in [2.45, 2.75) is 0 Å². The normalized spacial score (nSPS) is 11.6. The molecule has 0 amide bonds. The van der Waals surface area contributed by atoms with E-state index in [0.29, 0.717) is 0 Å². The summed E-state index contributed by atoms with van der Waals surface area (Å²) in [7, 11) is 0. The van der Waals surface area contributed by atoms with Crippen LogP contribution in [0, 0.1) is 0 Å². The average Bonchev–Trinajstić information content (AvgIpc) is 3.24. The Morgan fingerprint density at radius 3 is 1.73 bits per heavy atom. The lowest BCUT2D eigenvalue weighted by molar-refractivity contribution is 1.64. The highest BCUT2D eigenvalue weighted by molar-refractivity contribution is 7.25. The molecule has 0 N–H and O–H groups in total. The van der Waals surface area contributed by atoms with E-state index >= 15 is 0 Å². The van der Waals surface area contributed by atoms with Crippen molar-refractivity contribution in [1.82, 2.24) is 0 Å². The molecule has 0 saturated carbocycles. The molecule has 7 aromatic rings. The zero-order valence-corrected chi connectivity index (χ0v) is 18.8. The molecule has 0 spiro atoms. The van der Waals surface area contributed by atoms with Crippen LogP contribution in [0.5, 0.6) is 0 Å². The lowest BCUT2D eigenvalue weighted by Gasteiger charge is -2.12. The molecule has 0 aliphatic carbocycles. The van der Waals surface area contributed by atoms with Gasteiger partial charge in [-0.05, 0) is 68.1 Å². The third kappa shape index (κ3) is 2.97. The van der Waals surface area contributed by atoms with E-state index in [1.807, 2.05) is 11.3 Å². The zero-order valence-electron chi connectivity index (χ0n) is 18.0. The van der Waals surface area contributed by atoms with Crippen LogP contribution in [-0.2, 0) is 0 Å². The summed E-state index contributed by atoms with van der Waals surface area (Å²) in [5, 5.41) is 7.88. The first-order chi connectivity index (χ1) is 16.3. The highest BCUT2D eigenvalue weighted by atomic mass is 32.1. The van der Waals surface area contributed by atoms with Crippen LogP contribution in [-0.4, -0.2) is 0 Å². The number of thiophene rings is 1. The number of fused-ring (bicyclic) bond motifs is 5. The van der Waals surface area contributed by atoms with Crippen LogP contribution in [0.2, 0.25) is 0 Å². The van der Waals surface area contributed by atoms with Crippen LogP contribution in [0.25, 0.3) is 64.0 Å². The lowest BCUT2D eigenvalue weighted by Crippen LogP contribution is -1.86. The van der Waals surface area contributed by atoms with Crippen LogP contribution in [0.15, 0.2) is 121 Å². The van der Waals surface area contributed by atoms with Crippen LogP contribution in [0.1, 0.15) is 0 Å². The molecule has 0 aliphatic heterocycles. The van der Waals surface area contributed by atoms with Crippen LogP contribution in [0.4, 0.5) is 0 Å². The summed E-state index contributed by atoms with van der Waals surface area (Å²) in [6.07, 6.45) is 0. The minimum atomic E-state index is 1.26. The molecule has 1 heteroatoms. The fourth-order valence-electron chi connectivity index (χ4n) is 5.05. The number of hydrogen-bond donors (Lipinski definition) is 0. The lowest BCUT2D eigenvalue weighted by atomic mass is 9.91. The maximum atomic E-state index is 2.38. The smallest absolute Gasteiger partial charge is 0.0361 e. The first-order valence-corrected chi connectivity index (χ1v) is 12.1. The number of rotatable bonds is 2. The van der Waals surface area contributed by atoms with Gasteiger partial charge in [0.25, 0.3) is 0 Å². The minimum Gasteiger partial charge on any atom is -0.135 e. The van der Waals surface area contributed by atoms with Gasteiger partial charge in [0.2, 0.25) is 0 Å². The topological polar surface area (TPSA) is 0 Å². The van der Waals surface area contributed by atoms with E-state index in [0.717, 1.165) is 0 Å². The van der Waals surface area contributed by atoms with Crippen LogP contribution < -0.4 is 0 Å². The Labute approximate surface area is 196 Å². The van der Waals surface area contributed by atoms with Gasteiger partial charge in [0, 0.05) is 20.2 Å². The second-order valence-corrected chi connectivity index (χ2v) is 9.66. The van der Waals surface area contributed by atoms with Crippen LogP contribution >= 0.6 is 11.3 Å². The predicted molar refractivity (Wildman–Crippen MR) is 145 cm³/mol. The number of hydrogen-bond acceptors (Lipinski definition) is 1. The van der Waals surface area contributed by atoms with Gasteiger partial charge >= 0.3 is 0 Å². The summed E-state index contributed by atoms with van der Waals surface area (Å²) in [4.78, 5) is 0. The van der Waals surface area contributed by atoms with Crippen molar-refractivity contribution in [3.05, 3.63) is 121 Å². The number of benzene rings is 6. The van der Waals surface area contributed by atoms with Crippen molar-refractivity contribution in [3.63, 3.8) is 0 Å². The van der Waals surface area contributed by atoms with Gasteiger partial charge in [-0.3, -0.25) is 0 Å². The summed E-state index contributed by atoms with van der Waals surface area (Å²) >= 11 is 1.88. The van der Waals surface area contributed by atoms with E-state index in [1.54, 1.807) is 0 Å². The van der Waals surface area contributed by atoms with Crippen molar-refractivity contribution >= 4 is 53.1 Å². The third-order valence-electron chi connectivity index (χ3n) is 6.66. The molecular weight excluding hydrogens is 416 g/mol. The third-order valence-corrected chi connectivity index (χ3v) is 7.79. The largest absolute Gasteiger partial charge is 0.135 e. The van der Waals surface area contributed by atoms with E-state index in [2.05, 4.69) is 121 Å². The summed E-state index contributed by atoms with van der Waals surface area (Å²) in [5.41, 5.74) is 5.09. The first-order valence-electron chi connectivity index (χ1n) is 11.3. The van der Waals surface area contributed by atoms with Crippen molar-refractivity contribution in [2.75, 3.05) is 0 Å². The van der Waals surface area contributed by atoms with Gasteiger partial charge in [-0.25, -0.2) is 0 Å². The molecule has 0 atom stereocenters. The summed E-state index contributed by atoms with van der Waals surface area (Å²) < 4.78 is 2.69. The molecule has 33 heavy (non-hydrogen) atoms. The minimum absolute atomic E-state index is 1.26. The molecule has 1 aromatic heterocycles. The Balaban J connectivity index is 1.47. The Bertz CT molecular complexity index is 1810. The van der Waals surface area contributed by atoms with Crippen molar-refractivity contribution in [3.8, 4) is 22.3 Å². The molecule has 0 bridgehead atoms. The SMILES string of the molecule is c1ccc(-c2ccc(-c3ccc4sc5cc6ccccc6cc5c4c3)c3ccccc23)cc1. The molecule has 7 rings (SSSR count). The van der Waals surface area contributed by atoms with E-state index in [-0.39, 0.29) is 0 Å². The van der Waals surface area contributed by atoms with Gasteiger partial charge in [0.05, 0.1) is 0 Å². The van der Waals surface area contributed by atoms with Gasteiger partial charge in [0.1, 0.15) is 0 Å². The molecule has 0 unspecified atom stereocenters. The summed E-state index contributed by atoms with van der Waals surface area (Å²) in [6.45, 7) is 0. The fraction of sp³-hybridized carbons (Fsp3) is 0. The molecule has 1 heterocycles. The zero-order chi connectivity index (χ0) is 21.8. The van der Waals surface area contributed by atoms with Crippen LogP contribution in [0.3, 0.4) is 0 Å². The Morgan fingerprint density at radius 1 is 0.364 bits per heavy atom. The summed E-state index contributed by atoms with van der Waals surface area (Å²) in [5.74, 6) is 0. The molecule has 0 fully saturated rings. The average molecular weight is 437 g/mol. The Morgan fingerprint density at radius 2 is 0.970 bits per heavy atom. The Hall–Kier alpha value is -3.94. The van der Waals surface area contributed by atoms with Gasteiger partial charge in [0.15, 0.2) is 0 Å². The predicted octanol–water partition coefficient (Wildman–Crippen LogP) is 9.69. The van der Waals surface area contributed by atoms with Crippen molar-refractivity contribution < 1.29 is 0 Å². The quantitative estimate of drug-likeness (QED) is 0.253. The second kappa shape index (κ2) is 7.30. The van der Waals surface area contributed by atoms with E-state index in [4.69, 9.17) is 0 Å². The standard InChI is InChI=1S/C32H20S/c1-2-8-21(9-3-1)25-15-16-26(28-13-7-6-12-27(25)28)24-14-17-31-29(19-24)30-18-22-10-4-5-11-23(22)20-32(30)33-31/h1-20H. The van der Waals surface area contributed by atoms with Gasteiger partial charge in [-0.2, -0.15) is 0 Å².